The average molecular weight is 1320 g/mol. The topological polar surface area (TPSA) is 231 Å². The maximum absolute atomic E-state index is 12.9. The van der Waals surface area contributed by atoms with E-state index in [-0.39, 0.29) is 19.3 Å². The third kappa shape index (κ3) is 67.7. The Morgan fingerprint density at radius 2 is 0.571 bits per heavy atom. The molecule has 0 fully saturated rings. The van der Waals surface area contributed by atoms with Gasteiger partial charge in [0.25, 0.3) is 0 Å². The van der Waals surface area contributed by atoms with Gasteiger partial charge in [0, 0.05) is 19.3 Å². The lowest BCUT2D eigenvalue weighted by Gasteiger charge is -2.21. The van der Waals surface area contributed by atoms with Crippen LogP contribution in [0.3, 0.4) is 0 Å². The number of rotatable bonds is 67. The highest BCUT2D eigenvalue weighted by atomic mass is 31.2. The van der Waals surface area contributed by atoms with Crippen LogP contribution in [0.2, 0.25) is 0 Å². The van der Waals surface area contributed by atoms with Crippen molar-refractivity contribution in [2.75, 3.05) is 39.6 Å². The first-order valence-corrected chi connectivity index (χ1v) is 38.5. The highest BCUT2D eigenvalue weighted by Crippen LogP contribution is 2.45. The zero-order valence-corrected chi connectivity index (χ0v) is 58.8. The van der Waals surface area contributed by atoms with Gasteiger partial charge in [0.15, 0.2) is 6.10 Å². The second kappa shape index (κ2) is 66.5. The van der Waals surface area contributed by atoms with Gasteiger partial charge in [0.2, 0.25) is 0 Å². The van der Waals surface area contributed by atoms with Gasteiger partial charge < -0.3 is 34.2 Å². The van der Waals surface area contributed by atoms with E-state index < -0.39 is 91.5 Å². The van der Waals surface area contributed by atoms with Crippen LogP contribution in [0.1, 0.15) is 290 Å². The van der Waals surface area contributed by atoms with Gasteiger partial charge in [-0.25, -0.2) is 9.13 Å². The van der Waals surface area contributed by atoms with E-state index in [4.69, 9.17) is 32.3 Å². The van der Waals surface area contributed by atoms with E-state index in [0.29, 0.717) is 19.3 Å². The molecule has 5 atom stereocenters. The summed E-state index contributed by atoms with van der Waals surface area (Å²) < 4.78 is 60.8. The fraction of sp³-hybridized carbons (Fsp3) is 0.740. The van der Waals surface area contributed by atoms with E-state index in [1.54, 1.807) is 0 Å². The molecule has 0 rings (SSSR count). The second-order valence-electron chi connectivity index (χ2n) is 23.7. The quantitative estimate of drug-likeness (QED) is 0.0146. The Morgan fingerprint density at radius 1 is 0.308 bits per heavy atom. The number of ether oxygens (including phenoxy) is 3. The summed E-state index contributed by atoms with van der Waals surface area (Å²) in [5, 5.41) is 20.6. The molecule has 4 N–H and O–H groups in total. The number of phosphoric ester groups is 2. The molecule has 0 aromatic heterocycles. The third-order valence-corrected chi connectivity index (χ3v) is 16.6. The van der Waals surface area contributed by atoms with Crippen molar-refractivity contribution in [3.8, 4) is 0 Å². The number of aliphatic hydroxyl groups is 2. The van der Waals surface area contributed by atoms with Crippen molar-refractivity contribution in [1.29, 1.82) is 0 Å². The Hall–Kier alpha value is -3.53. The lowest BCUT2D eigenvalue weighted by molar-refractivity contribution is -0.161. The van der Waals surface area contributed by atoms with Crippen molar-refractivity contribution in [1.82, 2.24) is 0 Å². The van der Waals surface area contributed by atoms with Gasteiger partial charge in [0.1, 0.15) is 25.4 Å². The number of hydrogen-bond acceptors (Lipinski definition) is 14. The maximum Gasteiger partial charge on any atom is 0.472 e. The first kappa shape index (κ1) is 87.5. The lowest BCUT2D eigenvalue weighted by atomic mass is 10.0. The predicted octanol–water partition coefficient (Wildman–Crippen LogP) is 19.9. The average Bonchev–Trinajstić information content (AvgIpc) is 3.66. The number of carbonyl (C=O) groups excluding carboxylic acids is 3. The maximum atomic E-state index is 12.9. The monoisotopic (exact) mass is 1320 g/mol. The van der Waals surface area contributed by atoms with Crippen LogP contribution in [0.4, 0.5) is 0 Å². The Kier molecular flexibility index (Phi) is 63.9. The van der Waals surface area contributed by atoms with Gasteiger partial charge in [-0.05, 0) is 116 Å². The molecule has 0 spiro atoms. The molecule has 0 saturated heterocycles. The van der Waals surface area contributed by atoms with Crippen molar-refractivity contribution in [2.24, 2.45) is 0 Å². The summed E-state index contributed by atoms with van der Waals surface area (Å²) in [5.41, 5.74) is 0. The fourth-order valence-corrected chi connectivity index (χ4v) is 10.9. The van der Waals surface area contributed by atoms with Crippen LogP contribution in [0.25, 0.3) is 0 Å². The fourth-order valence-electron chi connectivity index (χ4n) is 9.28. The SMILES string of the molecule is CCC/C=C\C/C=C\CCCCCCCC(=O)OCC(COP(=O)(O)OCC(O)COP(=O)(O)OCC(O)COC(=O)CCCCCCCCCCCCCCC/C=C\C/C=C\C/C=C\C/C=C\CCCCC)OC(=O)CCCCCCC/C=C\C/C=C\CCC. The minimum absolute atomic E-state index is 0.0851. The highest BCUT2D eigenvalue weighted by Gasteiger charge is 2.29. The first-order chi connectivity index (χ1) is 44.2. The summed E-state index contributed by atoms with van der Waals surface area (Å²) in [4.78, 5) is 58.3. The molecule has 0 aromatic rings. The van der Waals surface area contributed by atoms with Gasteiger partial charge in [-0.1, -0.05) is 253 Å². The van der Waals surface area contributed by atoms with Crippen LogP contribution < -0.4 is 0 Å². The molecular weight excluding hydrogens is 1190 g/mol. The van der Waals surface area contributed by atoms with Gasteiger partial charge >= 0.3 is 33.6 Å². The number of carbonyl (C=O) groups is 3. The predicted molar refractivity (Wildman–Crippen MR) is 371 cm³/mol. The third-order valence-electron chi connectivity index (χ3n) is 14.7. The van der Waals surface area contributed by atoms with Crippen molar-refractivity contribution >= 4 is 33.6 Å². The molecule has 0 aliphatic carbocycles. The van der Waals surface area contributed by atoms with Gasteiger partial charge in [-0.2, -0.15) is 0 Å². The summed E-state index contributed by atoms with van der Waals surface area (Å²) >= 11 is 0. The number of phosphoric acid groups is 2. The molecular formula is C73H128O16P2. The molecule has 16 nitrogen and oxygen atoms in total. The molecule has 91 heavy (non-hydrogen) atoms. The summed E-state index contributed by atoms with van der Waals surface area (Å²) in [5.74, 6) is -1.61. The van der Waals surface area contributed by atoms with E-state index in [1.807, 2.05) is 0 Å². The zero-order valence-electron chi connectivity index (χ0n) is 57.0. The molecule has 0 saturated carbocycles. The Labute approximate surface area is 552 Å². The van der Waals surface area contributed by atoms with Crippen molar-refractivity contribution in [3.63, 3.8) is 0 Å². The summed E-state index contributed by atoms with van der Waals surface area (Å²) in [6, 6.07) is 0. The Balaban J connectivity index is 4.42. The number of aliphatic hydroxyl groups excluding tert-OH is 2. The minimum Gasteiger partial charge on any atom is -0.463 e. The van der Waals surface area contributed by atoms with E-state index >= 15 is 0 Å². The van der Waals surface area contributed by atoms with Crippen LogP contribution in [0.15, 0.2) is 97.2 Å². The standard InChI is InChI=1S/C73H128O16P2/c1-4-7-10-13-16-19-22-25-26-27-28-29-30-31-32-33-34-35-36-37-38-39-40-43-45-47-50-53-56-59-71(76)83-62-68(74)63-85-90(79,80)86-64-69(75)65-87-91(81,82)88-67-70(89-73(78)61-58-55-52-49-46-42-24-21-18-15-12-9-6-3)66-84-72(77)60-57-54-51-48-44-41-23-20-17-14-11-8-5-2/h11-12,14-16,19-21,23-26,28-29,31-32,68-70,74-75H,4-10,13,17-18,22,27,30,33-67H2,1-3H3,(H,79,80)(H,81,82)/b14-11-,15-12-,19-16-,23-20-,24-21-,26-25-,29-28-,32-31-. The Bertz CT molecular complexity index is 2050. The van der Waals surface area contributed by atoms with Gasteiger partial charge in [-0.3, -0.25) is 32.5 Å². The molecule has 18 heteroatoms. The van der Waals surface area contributed by atoms with Crippen LogP contribution in [0, 0.1) is 0 Å². The molecule has 526 valence electrons. The van der Waals surface area contributed by atoms with Crippen molar-refractivity contribution < 1.29 is 75.8 Å². The molecule has 0 radical (unpaired) electrons. The Morgan fingerprint density at radius 3 is 0.912 bits per heavy atom. The van der Waals surface area contributed by atoms with Gasteiger partial charge in [0.05, 0.1) is 26.4 Å². The highest BCUT2D eigenvalue weighted by molar-refractivity contribution is 7.47. The van der Waals surface area contributed by atoms with E-state index in [2.05, 4.69) is 118 Å². The molecule has 0 aromatic carbocycles. The zero-order chi connectivity index (χ0) is 66.7. The largest absolute Gasteiger partial charge is 0.472 e. The van der Waals surface area contributed by atoms with Crippen LogP contribution >= 0.6 is 15.6 Å². The molecule has 0 aliphatic heterocycles. The van der Waals surface area contributed by atoms with Crippen LogP contribution in [-0.2, 0) is 55.8 Å². The number of esters is 3. The van der Waals surface area contributed by atoms with E-state index in [0.717, 1.165) is 148 Å². The molecule has 0 heterocycles. The minimum atomic E-state index is -4.93. The van der Waals surface area contributed by atoms with Crippen molar-refractivity contribution in [3.05, 3.63) is 97.2 Å². The molecule has 5 unspecified atom stereocenters. The lowest BCUT2D eigenvalue weighted by Crippen LogP contribution is -2.30. The van der Waals surface area contributed by atoms with E-state index in [1.165, 1.54) is 83.5 Å². The van der Waals surface area contributed by atoms with Crippen molar-refractivity contribution in [2.45, 2.75) is 309 Å². The van der Waals surface area contributed by atoms with Crippen LogP contribution in [0.5, 0.6) is 0 Å². The van der Waals surface area contributed by atoms with Crippen LogP contribution in [-0.4, -0.2) is 95.9 Å². The van der Waals surface area contributed by atoms with E-state index in [9.17, 15) is 43.5 Å². The summed E-state index contributed by atoms with van der Waals surface area (Å²) in [6.45, 7) is 2.48. The smallest absolute Gasteiger partial charge is 0.463 e. The first-order valence-electron chi connectivity index (χ1n) is 35.5. The summed E-state index contributed by atoms with van der Waals surface area (Å²) in [6.07, 6.45) is 73.4. The molecule has 0 aliphatic rings. The summed E-state index contributed by atoms with van der Waals surface area (Å²) in [7, 11) is -9.78. The molecule has 0 bridgehead atoms. The normalized spacial score (nSPS) is 14.8. The molecule has 0 amide bonds. The number of hydrogen-bond donors (Lipinski definition) is 4. The second-order valence-corrected chi connectivity index (χ2v) is 26.6. The number of allylic oxidation sites excluding steroid dienone is 16. The van der Waals surface area contributed by atoms with Gasteiger partial charge in [-0.15, -0.1) is 0 Å². The number of unbranched alkanes of at least 4 members (excludes halogenated alkanes) is 28.